The Balaban J connectivity index is 1.53. The summed E-state index contributed by atoms with van der Waals surface area (Å²) >= 11 is 0. The third-order valence-electron chi connectivity index (χ3n) is 9.02. The van der Waals surface area contributed by atoms with Gasteiger partial charge in [-0.2, -0.15) is 18.3 Å². The number of benzene rings is 2. The van der Waals surface area contributed by atoms with Crippen LogP contribution in [0.3, 0.4) is 0 Å². The molecule has 0 bridgehead atoms. The molecule has 3 N–H and O–H groups in total. The number of carboxylic acid groups (broad SMARTS) is 1. The molecule has 252 valence electrons. The van der Waals surface area contributed by atoms with Crippen LogP contribution in [0.1, 0.15) is 61.2 Å². The number of rotatable bonds is 10. The quantitative estimate of drug-likeness (QED) is 0.140. The molecule has 4 heterocycles. The SMILES string of the molecule is CCc1cccc(CC)c1-n1nc2c(c1-c1c(F)cc(CNC(C(=O)O)C(C)C)c3[nH]ccc13)CN(c1ncc(C(F)(F)F)cn1)CC2. The summed E-state index contributed by atoms with van der Waals surface area (Å²) in [5.74, 6) is -1.53. The Morgan fingerprint density at radius 3 is 2.38 bits per heavy atom. The van der Waals surface area contributed by atoms with Gasteiger partial charge in [-0.25, -0.2) is 19.0 Å². The van der Waals surface area contributed by atoms with Crippen LogP contribution < -0.4 is 10.2 Å². The van der Waals surface area contributed by atoms with Crippen molar-refractivity contribution in [3.8, 4) is 16.9 Å². The van der Waals surface area contributed by atoms with Gasteiger partial charge in [0, 0.05) is 61.2 Å². The Labute approximate surface area is 275 Å². The number of aromatic nitrogens is 5. The van der Waals surface area contributed by atoms with Gasteiger partial charge in [0.05, 0.1) is 28.2 Å². The zero-order valence-corrected chi connectivity index (χ0v) is 27.1. The number of carbonyl (C=O) groups is 1. The summed E-state index contributed by atoms with van der Waals surface area (Å²) in [5, 5.41) is 18.4. The minimum atomic E-state index is -4.56. The number of H-pyrrole nitrogens is 1. The number of aliphatic carboxylic acids is 1. The van der Waals surface area contributed by atoms with Crippen LogP contribution in [0.5, 0.6) is 0 Å². The third-order valence-corrected chi connectivity index (χ3v) is 9.02. The standard InChI is InChI=1S/C35H37F4N7O2/c1-5-20-8-7-9-21(6-2)31(20)46-32(25-18-45(13-11-27(25)44-46)34-42-16-23(17-43-34)35(37,38)39)28-24-10-12-40-30(24)22(14-26(28)36)15-41-29(19(3)4)33(47)48/h7-10,12,14,16-17,19,29,40-41H,5-6,11,13,15,18H2,1-4H3,(H,47,48). The van der Waals surface area contributed by atoms with E-state index in [1.54, 1.807) is 17.2 Å². The van der Waals surface area contributed by atoms with E-state index in [9.17, 15) is 23.1 Å². The van der Waals surface area contributed by atoms with Gasteiger partial charge in [-0.15, -0.1) is 0 Å². The number of nitrogens with one attached hydrogen (secondary N) is 2. The molecule has 1 aliphatic heterocycles. The highest BCUT2D eigenvalue weighted by molar-refractivity contribution is 5.98. The molecule has 0 saturated carbocycles. The fourth-order valence-electron chi connectivity index (χ4n) is 6.56. The first-order valence-electron chi connectivity index (χ1n) is 16.0. The minimum Gasteiger partial charge on any atom is -0.480 e. The molecule has 13 heteroatoms. The first-order chi connectivity index (χ1) is 22.9. The molecule has 48 heavy (non-hydrogen) atoms. The molecular formula is C35H37F4N7O2. The van der Waals surface area contributed by atoms with E-state index in [1.807, 2.05) is 36.7 Å². The van der Waals surface area contributed by atoms with Crippen molar-refractivity contribution in [2.45, 2.75) is 72.3 Å². The van der Waals surface area contributed by atoms with Crippen LogP contribution in [0.2, 0.25) is 0 Å². The van der Waals surface area contributed by atoms with Gasteiger partial charge in [-0.05, 0) is 47.6 Å². The van der Waals surface area contributed by atoms with E-state index in [4.69, 9.17) is 5.10 Å². The number of hydrogen-bond donors (Lipinski definition) is 3. The van der Waals surface area contributed by atoms with E-state index in [1.165, 1.54) is 6.07 Å². The third kappa shape index (κ3) is 6.02. The zero-order valence-electron chi connectivity index (χ0n) is 27.1. The molecule has 3 aromatic heterocycles. The van der Waals surface area contributed by atoms with Crippen molar-refractivity contribution in [2.75, 3.05) is 11.4 Å². The van der Waals surface area contributed by atoms with Crippen molar-refractivity contribution in [1.82, 2.24) is 30.0 Å². The molecule has 0 spiro atoms. The average molecular weight is 664 g/mol. The van der Waals surface area contributed by atoms with Crippen molar-refractivity contribution < 1.29 is 27.5 Å². The van der Waals surface area contributed by atoms with Gasteiger partial charge in [0.15, 0.2) is 0 Å². The van der Waals surface area contributed by atoms with E-state index in [0.29, 0.717) is 53.5 Å². The molecule has 1 unspecified atom stereocenters. The number of para-hydroxylation sites is 1. The molecule has 0 fully saturated rings. The topological polar surface area (TPSA) is 112 Å². The highest BCUT2D eigenvalue weighted by Gasteiger charge is 2.34. The van der Waals surface area contributed by atoms with Crippen LogP contribution in [-0.2, 0) is 43.3 Å². The van der Waals surface area contributed by atoms with Gasteiger partial charge in [0.25, 0.3) is 0 Å². The number of fused-ring (bicyclic) bond motifs is 2. The molecule has 0 aliphatic carbocycles. The second-order valence-electron chi connectivity index (χ2n) is 12.4. The molecule has 0 saturated heterocycles. The van der Waals surface area contributed by atoms with E-state index >= 15 is 4.39 Å². The van der Waals surface area contributed by atoms with Crippen LogP contribution in [0.4, 0.5) is 23.5 Å². The second-order valence-corrected chi connectivity index (χ2v) is 12.4. The van der Waals surface area contributed by atoms with Crippen molar-refractivity contribution in [3.05, 3.63) is 88.3 Å². The first kappa shape index (κ1) is 33.1. The zero-order chi connectivity index (χ0) is 34.3. The van der Waals surface area contributed by atoms with Gasteiger partial charge in [0.2, 0.25) is 5.95 Å². The highest BCUT2D eigenvalue weighted by atomic mass is 19.4. The lowest BCUT2D eigenvalue weighted by atomic mass is 9.95. The Morgan fingerprint density at radius 1 is 1.08 bits per heavy atom. The number of hydrogen-bond acceptors (Lipinski definition) is 6. The van der Waals surface area contributed by atoms with Crippen LogP contribution >= 0.6 is 0 Å². The number of aromatic amines is 1. The van der Waals surface area contributed by atoms with Crippen LogP contribution in [0.25, 0.3) is 27.8 Å². The van der Waals surface area contributed by atoms with Gasteiger partial charge >= 0.3 is 12.1 Å². The summed E-state index contributed by atoms with van der Waals surface area (Å²) < 4.78 is 58.3. The average Bonchev–Trinajstić information content (AvgIpc) is 3.69. The maximum Gasteiger partial charge on any atom is 0.419 e. The summed E-state index contributed by atoms with van der Waals surface area (Å²) in [4.78, 5) is 24.9. The fraction of sp³-hybridized carbons (Fsp3) is 0.371. The Morgan fingerprint density at radius 2 is 1.77 bits per heavy atom. The maximum absolute atomic E-state index is 16.7. The predicted molar refractivity (Wildman–Crippen MR) is 174 cm³/mol. The molecule has 5 aromatic rings. The van der Waals surface area contributed by atoms with Crippen LogP contribution in [0, 0.1) is 11.7 Å². The predicted octanol–water partition coefficient (Wildman–Crippen LogP) is 6.85. The molecule has 0 amide bonds. The Bertz CT molecular complexity index is 1940. The maximum atomic E-state index is 16.7. The molecule has 6 rings (SSSR count). The number of anilines is 1. The van der Waals surface area contributed by atoms with Crippen molar-refractivity contribution in [1.29, 1.82) is 0 Å². The van der Waals surface area contributed by atoms with Gasteiger partial charge in [0.1, 0.15) is 11.9 Å². The van der Waals surface area contributed by atoms with E-state index < -0.39 is 29.6 Å². The number of alkyl halides is 3. The van der Waals surface area contributed by atoms with E-state index in [0.717, 1.165) is 40.5 Å². The molecule has 2 aromatic carbocycles. The highest BCUT2D eigenvalue weighted by Crippen LogP contribution is 2.41. The summed E-state index contributed by atoms with van der Waals surface area (Å²) in [7, 11) is 0. The Kier molecular flexibility index (Phi) is 8.99. The van der Waals surface area contributed by atoms with E-state index in [-0.39, 0.29) is 25.0 Å². The lowest BCUT2D eigenvalue weighted by Gasteiger charge is -2.27. The number of nitrogens with zero attached hydrogens (tertiary/aromatic N) is 5. The number of carboxylic acids is 1. The lowest BCUT2D eigenvalue weighted by molar-refractivity contribution is -0.141. The summed E-state index contributed by atoms with van der Waals surface area (Å²) in [5.41, 5.74) is 5.62. The first-order valence-corrected chi connectivity index (χ1v) is 16.0. The normalized spacial score (nSPS) is 14.1. The number of aryl methyl sites for hydroxylation is 2. The summed E-state index contributed by atoms with van der Waals surface area (Å²) in [6.07, 6.45) is 0.588. The van der Waals surface area contributed by atoms with E-state index in [2.05, 4.69) is 34.1 Å². The van der Waals surface area contributed by atoms with Crippen molar-refractivity contribution in [2.24, 2.45) is 5.92 Å². The minimum absolute atomic E-state index is 0.123. The summed E-state index contributed by atoms with van der Waals surface area (Å²) in [6, 6.07) is 8.47. The van der Waals surface area contributed by atoms with Crippen molar-refractivity contribution in [3.63, 3.8) is 0 Å². The lowest BCUT2D eigenvalue weighted by Crippen LogP contribution is -2.40. The molecule has 9 nitrogen and oxygen atoms in total. The number of halogens is 4. The summed E-state index contributed by atoms with van der Waals surface area (Å²) in [6.45, 7) is 8.47. The van der Waals surface area contributed by atoms with Gasteiger partial charge in [-0.1, -0.05) is 45.9 Å². The fourth-order valence-corrected chi connectivity index (χ4v) is 6.56. The smallest absolute Gasteiger partial charge is 0.419 e. The Hall–Kier alpha value is -4.78. The monoisotopic (exact) mass is 663 g/mol. The molecule has 1 aliphatic rings. The molecular weight excluding hydrogens is 626 g/mol. The second kappa shape index (κ2) is 13.0. The van der Waals surface area contributed by atoms with Crippen LogP contribution in [0.15, 0.2) is 48.9 Å². The van der Waals surface area contributed by atoms with Crippen molar-refractivity contribution >= 4 is 22.8 Å². The van der Waals surface area contributed by atoms with Gasteiger partial charge < -0.3 is 20.3 Å². The molecule has 0 radical (unpaired) electrons. The van der Waals surface area contributed by atoms with Gasteiger partial charge in [-0.3, -0.25) is 4.79 Å². The molecule has 1 atom stereocenters. The largest absolute Gasteiger partial charge is 0.480 e. The van der Waals surface area contributed by atoms with Crippen LogP contribution in [-0.4, -0.2) is 48.4 Å².